The number of benzene rings is 3. The number of ether oxygens (including phenoxy) is 2. The largest absolute Gasteiger partial charge is 0.465 e. The van der Waals surface area contributed by atoms with E-state index < -0.39 is 5.54 Å². The maximum absolute atomic E-state index is 13.0. The number of rotatable bonds is 7. The summed E-state index contributed by atoms with van der Waals surface area (Å²) in [6.45, 7) is 5.14. The first-order chi connectivity index (χ1) is 18.5. The molecule has 3 aromatic carbocycles. The number of methoxy groups -OCH3 is 1. The molecule has 6 rings (SSSR count). The molecule has 38 heavy (non-hydrogen) atoms. The molecule has 1 aliphatic heterocycles. The molecule has 6 bridgehead atoms. The maximum atomic E-state index is 13.0. The second-order valence-electron chi connectivity index (χ2n) is 9.85. The minimum Gasteiger partial charge on any atom is -0.465 e. The molecule has 0 unspecified atom stereocenters. The van der Waals surface area contributed by atoms with E-state index in [0.29, 0.717) is 44.3 Å². The number of hydrogen-bond donors (Lipinski definition) is 1. The number of carbonyl (C=O) groups excluding carboxylic acids is 1. The van der Waals surface area contributed by atoms with Gasteiger partial charge in [-0.15, -0.1) is 0 Å². The lowest BCUT2D eigenvalue weighted by Gasteiger charge is -2.34. The van der Waals surface area contributed by atoms with Crippen molar-refractivity contribution in [3.63, 3.8) is 0 Å². The van der Waals surface area contributed by atoms with Gasteiger partial charge in [-0.1, -0.05) is 53.7 Å². The third-order valence-corrected chi connectivity index (χ3v) is 7.21. The summed E-state index contributed by atoms with van der Waals surface area (Å²) >= 11 is 0. The summed E-state index contributed by atoms with van der Waals surface area (Å²) in [5.74, 6) is 0.756. The van der Waals surface area contributed by atoms with E-state index in [9.17, 15) is 4.79 Å². The molecule has 0 radical (unpaired) electrons. The molecule has 1 saturated carbocycles. The Kier molecular flexibility index (Phi) is 6.21. The minimum absolute atomic E-state index is 0.226. The molecule has 194 valence electrons. The van der Waals surface area contributed by atoms with Crippen LogP contribution in [0.15, 0.2) is 65.2 Å². The van der Waals surface area contributed by atoms with Gasteiger partial charge in [-0.05, 0) is 61.1 Å². The SMILES string of the molecule is CCOC(=O)C1(NN2Cc3cccc(c3)-c3noc(n3)-c3c(-c4ccccc4)cc(COC)c2c3C)CC1. The van der Waals surface area contributed by atoms with Crippen molar-refractivity contribution in [1.29, 1.82) is 0 Å². The number of fused-ring (bicyclic) bond motifs is 8. The molecular formula is C30H30N4O4. The molecule has 8 nitrogen and oxygen atoms in total. The van der Waals surface area contributed by atoms with Crippen LogP contribution in [0.5, 0.6) is 0 Å². The average Bonchev–Trinajstić information content (AvgIpc) is 3.55. The van der Waals surface area contributed by atoms with Crippen LogP contribution in [0.4, 0.5) is 5.69 Å². The van der Waals surface area contributed by atoms with Gasteiger partial charge in [0.1, 0.15) is 5.54 Å². The van der Waals surface area contributed by atoms with Gasteiger partial charge in [0, 0.05) is 18.2 Å². The molecule has 1 aliphatic carbocycles. The fraction of sp³-hybridized carbons (Fsp3) is 0.300. The topological polar surface area (TPSA) is 89.7 Å². The van der Waals surface area contributed by atoms with Gasteiger partial charge in [-0.3, -0.25) is 0 Å². The fourth-order valence-electron chi connectivity index (χ4n) is 5.26. The van der Waals surface area contributed by atoms with E-state index in [1.165, 1.54) is 0 Å². The minimum atomic E-state index is -0.750. The van der Waals surface area contributed by atoms with E-state index in [4.69, 9.17) is 19.0 Å². The van der Waals surface area contributed by atoms with Crippen molar-refractivity contribution in [2.24, 2.45) is 0 Å². The van der Waals surface area contributed by atoms with Gasteiger partial charge in [0.15, 0.2) is 0 Å². The molecule has 0 atom stereocenters. The van der Waals surface area contributed by atoms with Crippen molar-refractivity contribution in [3.05, 3.63) is 77.4 Å². The number of nitrogens with one attached hydrogen (secondary N) is 1. The van der Waals surface area contributed by atoms with Crippen LogP contribution in [-0.2, 0) is 27.4 Å². The predicted octanol–water partition coefficient (Wildman–Crippen LogP) is 5.45. The highest BCUT2D eigenvalue weighted by atomic mass is 16.5. The Morgan fingerprint density at radius 3 is 2.63 bits per heavy atom. The molecular weight excluding hydrogens is 480 g/mol. The quantitative estimate of drug-likeness (QED) is 0.329. The van der Waals surface area contributed by atoms with E-state index >= 15 is 0 Å². The number of aromatic nitrogens is 2. The van der Waals surface area contributed by atoms with Crippen LogP contribution in [0.2, 0.25) is 0 Å². The van der Waals surface area contributed by atoms with Crippen LogP contribution in [-0.4, -0.2) is 35.4 Å². The molecule has 0 amide bonds. The first-order valence-electron chi connectivity index (χ1n) is 12.9. The van der Waals surface area contributed by atoms with E-state index in [1.54, 1.807) is 7.11 Å². The van der Waals surface area contributed by atoms with Crippen molar-refractivity contribution in [1.82, 2.24) is 15.6 Å². The van der Waals surface area contributed by atoms with Crippen LogP contribution in [0.1, 0.15) is 36.5 Å². The van der Waals surface area contributed by atoms with E-state index in [-0.39, 0.29) is 5.97 Å². The highest BCUT2D eigenvalue weighted by molar-refractivity contribution is 5.89. The Labute approximate surface area is 221 Å². The number of anilines is 1. The predicted molar refractivity (Wildman–Crippen MR) is 144 cm³/mol. The highest BCUT2D eigenvalue weighted by Gasteiger charge is 2.53. The molecule has 4 aromatic rings. The van der Waals surface area contributed by atoms with Gasteiger partial charge < -0.3 is 19.0 Å². The van der Waals surface area contributed by atoms with Crippen molar-refractivity contribution in [3.8, 4) is 34.0 Å². The number of carbonyl (C=O) groups is 1. The van der Waals surface area contributed by atoms with Crippen molar-refractivity contribution < 1.29 is 18.8 Å². The number of nitrogens with zero attached hydrogens (tertiary/aromatic N) is 3. The Balaban J connectivity index is 1.61. The molecule has 1 N–H and O–H groups in total. The summed E-state index contributed by atoms with van der Waals surface area (Å²) in [5, 5.41) is 6.40. The number of esters is 1. The molecule has 8 heteroatoms. The summed E-state index contributed by atoms with van der Waals surface area (Å²) in [6, 6.07) is 20.4. The Hall–Kier alpha value is -4.01. The van der Waals surface area contributed by atoms with Crippen LogP contribution in [0.25, 0.3) is 34.0 Å². The van der Waals surface area contributed by atoms with E-state index in [0.717, 1.165) is 44.6 Å². The third-order valence-electron chi connectivity index (χ3n) is 7.21. The average molecular weight is 511 g/mol. The lowest BCUT2D eigenvalue weighted by molar-refractivity contribution is -0.147. The smallest absolute Gasteiger partial charge is 0.328 e. The number of hydrogen-bond acceptors (Lipinski definition) is 8. The van der Waals surface area contributed by atoms with E-state index in [2.05, 4.69) is 52.8 Å². The van der Waals surface area contributed by atoms with Crippen LogP contribution < -0.4 is 10.4 Å². The molecule has 1 aromatic heterocycles. The summed E-state index contributed by atoms with van der Waals surface area (Å²) in [5.41, 5.74) is 10.5. The van der Waals surface area contributed by atoms with Gasteiger partial charge in [0.2, 0.25) is 5.82 Å². The van der Waals surface area contributed by atoms with Crippen molar-refractivity contribution in [2.75, 3.05) is 18.7 Å². The first-order valence-corrected chi connectivity index (χ1v) is 12.9. The monoisotopic (exact) mass is 510 g/mol. The Morgan fingerprint density at radius 2 is 1.89 bits per heavy atom. The fourth-order valence-corrected chi connectivity index (χ4v) is 5.26. The zero-order valence-electron chi connectivity index (χ0n) is 21.8. The van der Waals surface area contributed by atoms with Gasteiger partial charge in [0.25, 0.3) is 5.89 Å². The summed E-state index contributed by atoms with van der Waals surface area (Å²) in [6.07, 6.45) is 1.42. The van der Waals surface area contributed by atoms with Gasteiger partial charge in [-0.2, -0.15) is 4.98 Å². The van der Waals surface area contributed by atoms with Crippen LogP contribution in [0, 0.1) is 6.92 Å². The lowest BCUT2D eigenvalue weighted by atomic mass is 9.91. The van der Waals surface area contributed by atoms with Gasteiger partial charge in [-0.25, -0.2) is 10.2 Å². The first kappa shape index (κ1) is 24.3. The zero-order valence-corrected chi connectivity index (χ0v) is 21.8. The molecule has 1 fully saturated rings. The summed E-state index contributed by atoms with van der Waals surface area (Å²) in [4.78, 5) is 17.8. The van der Waals surface area contributed by atoms with Gasteiger partial charge >= 0.3 is 5.97 Å². The summed E-state index contributed by atoms with van der Waals surface area (Å²) < 4.78 is 17.0. The van der Waals surface area contributed by atoms with Crippen LogP contribution in [0.3, 0.4) is 0 Å². The zero-order chi connectivity index (χ0) is 26.3. The van der Waals surface area contributed by atoms with Crippen molar-refractivity contribution >= 4 is 11.7 Å². The lowest BCUT2D eigenvalue weighted by Crippen LogP contribution is -2.51. The highest BCUT2D eigenvalue weighted by Crippen LogP contribution is 2.44. The second-order valence-corrected chi connectivity index (χ2v) is 9.85. The van der Waals surface area contributed by atoms with E-state index in [1.807, 2.05) is 37.3 Å². The Morgan fingerprint density at radius 1 is 1.11 bits per heavy atom. The Bertz CT molecular complexity index is 1490. The van der Waals surface area contributed by atoms with Crippen LogP contribution >= 0.6 is 0 Å². The number of hydrazine groups is 1. The normalized spacial score (nSPS) is 15.1. The molecule has 0 saturated heterocycles. The van der Waals surface area contributed by atoms with Crippen molar-refractivity contribution in [2.45, 2.75) is 45.4 Å². The second kappa shape index (κ2) is 9.70. The molecule has 2 heterocycles. The standard InChI is InChI=1S/C30H30N4O4/c1-4-37-29(35)30(13-14-30)33-34-17-20-9-8-12-22(15-20)27-31-28(38-32-27)25-19(2)26(34)23(18-36-3)16-24(25)21-10-6-5-7-11-21/h5-12,15-16,33H,4,13-14,17-18H2,1-3H3. The van der Waals surface area contributed by atoms with Gasteiger partial charge in [0.05, 0.1) is 31.0 Å². The maximum Gasteiger partial charge on any atom is 0.328 e. The summed E-state index contributed by atoms with van der Waals surface area (Å²) in [7, 11) is 1.69. The molecule has 0 spiro atoms. The molecule has 2 aliphatic rings. The third kappa shape index (κ3) is 4.25.